The molecule has 7 heteroatoms. The van der Waals surface area contributed by atoms with Crippen LogP contribution >= 0.6 is 0 Å². The smallest absolute Gasteiger partial charge is 0.322 e. The normalized spacial score (nSPS) is 11.1. The van der Waals surface area contributed by atoms with Crippen molar-refractivity contribution in [2.24, 2.45) is 0 Å². The summed E-state index contributed by atoms with van der Waals surface area (Å²) < 4.78 is 13.1. The molecule has 30 heavy (non-hydrogen) atoms. The Kier molecular flexibility index (Phi) is 6.84. The number of carbonyl (C=O) groups is 1. The van der Waals surface area contributed by atoms with Gasteiger partial charge in [-0.2, -0.15) is 0 Å². The number of anilines is 1. The van der Waals surface area contributed by atoms with E-state index in [1.54, 1.807) is 4.90 Å². The number of aromatic nitrogens is 1. The summed E-state index contributed by atoms with van der Waals surface area (Å²) in [6.45, 7) is 3.33. The molecule has 0 saturated carbocycles. The van der Waals surface area contributed by atoms with Gasteiger partial charge in [0.15, 0.2) is 0 Å². The standard InChI is InChI=1S/C23H27FN4O2/c1-4-16-5-10-21-17(13-16)14-18(22(29)26-21)15-28(12-11-27(2)3)23(30)25-20-8-6-19(24)7-9-20/h5-10,13-14H,4,11-12,15H2,1-3H3,(H,25,30)(H,26,29). The van der Waals surface area contributed by atoms with Crippen molar-refractivity contribution in [3.63, 3.8) is 0 Å². The maximum Gasteiger partial charge on any atom is 0.322 e. The summed E-state index contributed by atoms with van der Waals surface area (Å²) in [6.07, 6.45) is 0.902. The van der Waals surface area contributed by atoms with E-state index in [4.69, 9.17) is 0 Å². The monoisotopic (exact) mass is 410 g/mol. The number of rotatable bonds is 7. The highest BCUT2D eigenvalue weighted by Crippen LogP contribution is 2.16. The van der Waals surface area contributed by atoms with Crippen LogP contribution in [-0.4, -0.2) is 48.0 Å². The molecular weight excluding hydrogens is 383 g/mol. The first-order valence-electron chi connectivity index (χ1n) is 9.96. The third-order valence-corrected chi connectivity index (χ3v) is 4.95. The number of carbonyl (C=O) groups excluding carboxylic acids is 1. The minimum atomic E-state index is -0.369. The van der Waals surface area contributed by atoms with Gasteiger partial charge in [-0.15, -0.1) is 0 Å². The lowest BCUT2D eigenvalue weighted by molar-refractivity contribution is 0.202. The quantitative estimate of drug-likeness (QED) is 0.622. The number of aromatic amines is 1. The first kappa shape index (κ1) is 21.5. The number of urea groups is 1. The van der Waals surface area contributed by atoms with Crippen molar-refractivity contribution in [1.82, 2.24) is 14.8 Å². The number of amides is 2. The molecule has 3 rings (SSSR count). The topological polar surface area (TPSA) is 68.4 Å². The van der Waals surface area contributed by atoms with E-state index >= 15 is 0 Å². The first-order valence-corrected chi connectivity index (χ1v) is 9.96. The van der Waals surface area contributed by atoms with E-state index in [2.05, 4.69) is 23.3 Å². The zero-order valence-electron chi connectivity index (χ0n) is 17.5. The Morgan fingerprint density at radius 1 is 1.07 bits per heavy atom. The summed E-state index contributed by atoms with van der Waals surface area (Å²) in [5.41, 5.74) is 2.76. The Hall–Kier alpha value is -3.19. The van der Waals surface area contributed by atoms with Crippen molar-refractivity contribution in [2.75, 3.05) is 32.5 Å². The molecule has 2 amide bonds. The lowest BCUT2D eigenvalue weighted by Crippen LogP contribution is -2.40. The second-order valence-corrected chi connectivity index (χ2v) is 7.56. The first-order chi connectivity index (χ1) is 14.4. The number of likely N-dealkylation sites (N-methyl/N-ethyl adjacent to an activating group) is 1. The minimum absolute atomic E-state index is 0.169. The number of pyridine rings is 1. The molecule has 0 unspecified atom stereocenters. The zero-order valence-corrected chi connectivity index (χ0v) is 17.5. The fraction of sp³-hybridized carbons (Fsp3) is 0.304. The predicted molar refractivity (Wildman–Crippen MR) is 118 cm³/mol. The van der Waals surface area contributed by atoms with Crippen molar-refractivity contribution in [3.05, 3.63) is 75.8 Å². The number of hydrogen-bond acceptors (Lipinski definition) is 3. The van der Waals surface area contributed by atoms with Crippen LogP contribution in [0.4, 0.5) is 14.9 Å². The number of halogens is 1. The Bertz CT molecular complexity index is 1080. The van der Waals surface area contributed by atoms with Crippen LogP contribution in [0.5, 0.6) is 0 Å². The summed E-state index contributed by atoms with van der Waals surface area (Å²) in [5, 5.41) is 3.72. The van der Waals surface area contributed by atoms with Crippen molar-refractivity contribution in [1.29, 1.82) is 0 Å². The Morgan fingerprint density at radius 2 is 1.80 bits per heavy atom. The summed E-state index contributed by atoms with van der Waals surface area (Å²) in [5.74, 6) is -0.369. The van der Waals surface area contributed by atoms with E-state index in [0.29, 0.717) is 24.3 Å². The van der Waals surface area contributed by atoms with Gasteiger partial charge in [0.2, 0.25) is 0 Å². The lowest BCUT2D eigenvalue weighted by Gasteiger charge is -2.24. The molecule has 158 valence electrons. The maximum absolute atomic E-state index is 13.1. The van der Waals surface area contributed by atoms with Crippen LogP contribution in [0, 0.1) is 5.82 Å². The molecule has 0 radical (unpaired) electrons. The highest BCUT2D eigenvalue weighted by molar-refractivity contribution is 5.89. The molecule has 0 spiro atoms. The van der Waals surface area contributed by atoms with Crippen LogP contribution in [0.15, 0.2) is 53.3 Å². The largest absolute Gasteiger partial charge is 0.322 e. The number of H-pyrrole nitrogens is 1. The summed E-state index contributed by atoms with van der Waals surface area (Å²) in [4.78, 5) is 32.0. The van der Waals surface area contributed by atoms with E-state index in [1.165, 1.54) is 29.8 Å². The van der Waals surface area contributed by atoms with Gasteiger partial charge in [0.05, 0.1) is 6.54 Å². The van der Waals surface area contributed by atoms with Crippen molar-refractivity contribution in [2.45, 2.75) is 19.9 Å². The molecule has 0 aliphatic heterocycles. The van der Waals surface area contributed by atoms with E-state index < -0.39 is 0 Å². The van der Waals surface area contributed by atoms with E-state index in [1.807, 2.05) is 37.2 Å². The number of hydrogen-bond donors (Lipinski definition) is 2. The molecule has 2 N–H and O–H groups in total. The van der Waals surface area contributed by atoms with Gasteiger partial charge in [-0.3, -0.25) is 4.79 Å². The van der Waals surface area contributed by atoms with Crippen LogP contribution in [-0.2, 0) is 13.0 Å². The van der Waals surface area contributed by atoms with Gasteiger partial charge in [0.1, 0.15) is 5.82 Å². The third-order valence-electron chi connectivity index (χ3n) is 4.95. The maximum atomic E-state index is 13.1. The fourth-order valence-corrected chi connectivity index (χ4v) is 3.15. The van der Waals surface area contributed by atoms with Gasteiger partial charge in [0, 0.05) is 29.9 Å². The Labute approximate surface area is 175 Å². The molecule has 0 atom stereocenters. The van der Waals surface area contributed by atoms with Gasteiger partial charge in [-0.1, -0.05) is 13.0 Å². The summed E-state index contributed by atoms with van der Waals surface area (Å²) >= 11 is 0. The van der Waals surface area contributed by atoms with E-state index in [9.17, 15) is 14.0 Å². The van der Waals surface area contributed by atoms with Gasteiger partial charge >= 0.3 is 6.03 Å². The van der Waals surface area contributed by atoms with Crippen LogP contribution in [0.25, 0.3) is 10.9 Å². The minimum Gasteiger partial charge on any atom is -0.322 e. The molecule has 1 aromatic heterocycles. The molecule has 0 aliphatic carbocycles. The van der Waals surface area contributed by atoms with Crippen molar-refractivity contribution >= 4 is 22.6 Å². The second kappa shape index (κ2) is 9.54. The molecule has 6 nitrogen and oxygen atoms in total. The average molecular weight is 410 g/mol. The lowest BCUT2D eigenvalue weighted by atomic mass is 10.1. The van der Waals surface area contributed by atoms with Gasteiger partial charge in [-0.05, 0) is 73.9 Å². The Balaban J connectivity index is 1.86. The van der Waals surface area contributed by atoms with Crippen LogP contribution in [0.3, 0.4) is 0 Å². The Morgan fingerprint density at radius 3 is 2.47 bits per heavy atom. The number of aryl methyl sites for hydroxylation is 1. The van der Waals surface area contributed by atoms with Crippen LogP contribution in [0.2, 0.25) is 0 Å². The van der Waals surface area contributed by atoms with E-state index in [-0.39, 0.29) is 24.0 Å². The third kappa shape index (κ3) is 5.45. The molecule has 0 fully saturated rings. The van der Waals surface area contributed by atoms with Crippen LogP contribution < -0.4 is 10.9 Å². The zero-order chi connectivity index (χ0) is 21.7. The fourth-order valence-electron chi connectivity index (χ4n) is 3.15. The molecular formula is C23H27FN4O2. The number of nitrogens with one attached hydrogen (secondary N) is 2. The summed E-state index contributed by atoms with van der Waals surface area (Å²) in [6, 6.07) is 13.1. The van der Waals surface area contributed by atoms with E-state index in [0.717, 1.165) is 17.3 Å². The molecule has 0 bridgehead atoms. The van der Waals surface area contributed by atoms with Crippen molar-refractivity contribution in [3.8, 4) is 0 Å². The molecule has 0 saturated heterocycles. The molecule has 0 aliphatic rings. The molecule has 2 aromatic carbocycles. The number of fused-ring (bicyclic) bond motifs is 1. The molecule has 3 aromatic rings. The number of benzene rings is 2. The van der Waals surface area contributed by atoms with Crippen molar-refractivity contribution < 1.29 is 9.18 Å². The highest BCUT2D eigenvalue weighted by Gasteiger charge is 2.17. The number of nitrogens with zero attached hydrogens (tertiary/aromatic N) is 2. The van der Waals surface area contributed by atoms with Gasteiger partial charge in [0.25, 0.3) is 5.56 Å². The SMILES string of the molecule is CCc1ccc2[nH]c(=O)c(CN(CCN(C)C)C(=O)Nc3ccc(F)cc3)cc2c1. The van der Waals surface area contributed by atoms with Crippen LogP contribution in [0.1, 0.15) is 18.1 Å². The highest BCUT2D eigenvalue weighted by atomic mass is 19.1. The second-order valence-electron chi connectivity index (χ2n) is 7.56. The summed E-state index contributed by atoms with van der Waals surface area (Å²) in [7, 11) is 3.84. The predicted octanol–water partition coefficient (Wildman–Crippen LogP) is 3.83. The van der Waals surface area contributed by atoms with Gasteiger partial charge < -0.3 is 20.1 Å². The molecule has 1 heterocycles. The van der Waals surface area contributed by atoms with Gasteiger partial charge in [-0.25, -0.2) is 9.18 Å². The average Bonchev–Trinajstić information content (AvgIpc) is 2.72.